The van der Waals surface area contributed by atoms with Gasteiger partial charge in [0.15, 0.2) is 39.6 Å². The van der Waals surface area contributed by atoms with Gasteiger partial charge in [-0.2, -0.15) is 0 Å². The minimum atomic E-state index is -1.91. The summed E-state index contributed by atoms with van der Waals surface area (Å²) in [5.41, 5.74) is 0. The molecular weight excluding hydrogens is 425 g/mol. The van der Waals surface area contributed by atoms with Crippen molar-refractivity contribution in [3.63, 3.8) is 0 Å². The molecule has 1 saturated heterocycles. The van der Waals surface area contributed by atoms with Crippen LogP contribution in [0.25, 0.3) is 0 Å². The van der Waals surface area contributed by atoms with Crippen LogP contribution < -0.4 is 0 Å². The van der Waals surface area contributed by atoms with Gasteiger partial charge in [-0.25, -0.2) is 0 Å². The molecule has 0 aromatic carbocycles. The molecule has 0 radical (unpaired) electrons. The molecule has 10 heteroatoms. The summed E-state index contributed by atoms with van der Waals surface area (Å²) in [5, 5.41) is 10.7. The molecule has 0 aromatic heterocycles. The molecule has 1 heterocycles. The summed E-state index contributed by atoms with van der Waals surface area (Å²) < 4.78 is 31.5. The summed E-state index contributed by atoms with van der Waals surface area (Å²) in [5.74, 6) is 0. The number of aliphatic hydroxyl groups excluding tert-OH is 1. The van der Waals surface area contributed by atoms with Crippen molar-refractivity contribution < 1.29 is 27.5 Å². The maximum atomic E-state index is 10.7. The summed E-state index contributed by atoms with van der Waals surface area (Å²) in [6.07, 6.45) is -2.57. The lowest BCUT2D eigenvalue weighted by molar-refractivity contribution is -0.144. The molecule has 5 atom stereocenters. The first kappa shape index (κ1) is 26.7. The summed E-state index contributed by atoms with van der Waals surface area (Å²) in [6.45, 7) is 26.2. The fraction of sp³-hybridized carbons (Fsp3) is 1.00. The van der Waals surface area contributed by atoms with Crippen molar-refractivity contribution in [3.05, 3.63) is 0 Å². The lowest BCUT2D eigenvalue weighted by Crippen LogP contribution is -2.53. The van der Waals surface area contributed by atoms with Crippen molar-refractivity contribution in [2.45, 2.75) is 109 Å². The molecular formula is C18H44O6Si4. The highest BCUT2D eigenvalue weighted by Crippen LogP contribution is 2.33. The maximum absolute atomic E-state index is 10.7. The van der Waals surface area contributed by atoms with Gasteiger partial charge in [0.1, 0.15) is 18.3 Å². The van der Waals surface area contributed by atoms with Crippen LogP contribution in [0.1, 0.15) is 0 Å². The third-order valence-electron chi connectivity index (χ3n) is 3.76. The van der Waals surface area contributed by atoms with Crippen LogP contribution in [0, 0.1) is 0 Å². The lowest BCUT2D eigenvalue weighted by atomic mass is 10.1. The highest BCUT2D eigenvalue weighted by Gasteiger charge is 2.52. The first-order chi connectivity index (χ1) is 12.3. The highest BCUT2D eigenvalue weighted by molar-refractivity contribution is 6.71. The van der Waals surface area contributed by atoms with Crippen LogP contribution in [0.4, 0.5) is 0 Å². The van der Waals surface area contributed by atoms with E-state index in [1.165, 1.54) is 0 Å². The monoisotopic (exact) mass is 468 g/mol. The van der Waals surface area contributed by atoms with Crippen LogP contribution in [0.3, 0.4) is 0 Å². The standard InChI is InChI=1S/C18H44O6Si4/c1-25(2,3)20-13-14(22-26(4,5)6)15-16(23-27(7,8)9)17(18(19)21-15)24-28(10,11)12/h14-19H,13H2,1-12H3/t14-,15-,16+,17-,18+/m1/s1. The second kappa shape index (κ2) is 9.41. The Morgan fingerprint density at radius 2 is 1.18 bits per heavy atom. The van der Waals surface area contributed by atoms with E-state index in [-0.39, 0.29) is 12.2 Å². The fourth-order valence-corrected chi connectivity index (χ4v) is 6.95. The van der Waals surface area contributed by atoms with Crippen molar-refractivity contribution in [3.8, 4) is 0 Å². The largest absolute Gasteiger partial charge is 0.415 e. The number of rotatable bonds is 10. The van der Waals surface area contributed by atoms with Gasteiger partial charge in [-0.05, 0) is 78.6 Å². The van der Waals surface area contributed by atoms with Gasteiger partial charge in [0.2, 0.25) is 0 Å². The predicted molar refractivity (Wildman–Crippen MR) is 125 cm³/mol. The molecule has 28 heavy (non-hydrogen) atoms. The number of ether oxygens (including phenoxy) is 1. The molecule has 1 rings (SSSR count). The van der Waals surface area contributed by atoms with Crippen LogP contribution in [0.2, 0.25) is 78.6 Å². The lowest BCUT2D eigenvalue weighted by Gasteiger charge is -2.37. The molecule has 1 aliphatic rings. The molecule has 0 bridgehead atoms. The van der Waals surface area contributed by atoms with Crippen molar-refractivity contribution in [1.82, 2.24) is 0 Å². The van der Waals surface area contributed by atoms with Gasteiger partial charge in [0, 0.05) is 0 Å². The molecule has 1 fully saturated rings. The van der Waals surface area contributed by atoms with Crippen molar-refractivity contribution in [2.75, 3.05) is 6.61 Å². The Balaban J connectivity index is 3.18. The first-order valence-electron chi connectivity index (χ1n) is 10.3. The number of hydrogen-bond acceptors (Lipinski definition) is 6. The normalized spacial score (nSPS) is 28.6. The van der Waals surface area contributed by atoms with E-state index in [9.17, 15) is 5.11 Å². The summed E-state index contributed by atoms with van der Waals surface area (Å²) in [7, 11) is -7.40. The minimum absolute atomic E-state index is 0.287. The van der Waals surface area contributed by atoms with Crippen molar-refractivity contribution in [2.24, 2.45) is 0 Å². The van der Waals surface area contributed by atoms with Gasteiger partial charge in [-0.1, -0.05) is 0 Å². The Morgan fingerprint density at radius 1 is 0.714 bits per heavy atom. The van der Waals surface area contributed by atoms with E-state index in [0.717, 1.165) is 0 Å². The second-order valence-electron chi connectivity index (χ2n) is 11.6. The molecule has 0 saturated carbocycles. The van der Waals surface area contributed by atoms with Crippen LogP contribution >= 0.6 is 0 Å². The Kier molecular flexibility index (Phi) is 8.96. The zero-order chi connectivity index (χ0) is 22.1. The molecule has 168 valence electrons. The fourth-order valence-electron chi connectivity index (χ4n) is 3.02. The Hall–Kier alpha value is 0.628. The Morgan fingerprint density at radius 3 is 1.57 bits per heavy atom. The van der Waals surface area contributed by atoms with Crippen LogP contribution in [0.5, 0.6) is 0 Å². The molecule has 6 nitrogen and oxygen atoms in total. The molecule has 0 spiro atoms. The molecule has 0 aliphatic carbocycles. The Bertz CT molecular complexity index is 492. The van der Waals surface area contributed by atoms with E-state index in [1.54, 1.807) is 0 Å². The van der Waals surface area contributed by atoms with Crippen LogP contribution in [-0.4, -0.2) is 75.7 Å². The average Bonchev–Trinajstić information content (AvgIpc) is 2.66. The first-order valence-corrected chi connectivity index (χ1v) is 23.9. The van der Waals surface area contributed by atoms with E-state index in [0.29, 0.717) is 6.61 Å². The topological polar surface area (TPSA) is 66.4 Å². The van der Waals surface area contributed by atoms with Gasteiger partial charge in [0.25, 0.3) is 0 Å². The predicted octanol–water partition coefficient (Wildman–Crippen LogP) is 4.22. The zero-order valence-electron chi connectivity index (χ0n) is 20.1. The van der Waals surface area contributed by atoms with Gasteiger partial charge >= 0.3 is 0 Å². The molecule has 0 amide bonds. The third kappa shape index (κ3) is 10.1. The van der Waals surface area contributed by atoms with Gasteiger partial charge in [0.05, 0.1) is 12.7 Å². The summed E-state index contributed by atoms with van der Waals surface area (Å²) in [6, 6.07) is 0. The van der Waals surface area contributed by atoms with Crippen molar-refractivity contribution >= 4 is 33.3 Å². The SMILES string of the molecule is C[Si](C)(C)OC[C@@H](O[Si](C)(C)C)[C@H]1O[C@H](O)[C@H](O[Si](C)(C)C)[C@H]1O[Si](C)(C)C. The highest BCUT2D eigenvalue weighted by atomic mass is 28.4. The van der Waals surface area contributed by atoms with Crippen molar-refractivity contribution in [1.29, 1.82) is 0 Å². The zero-order valence-corrected chi connectivity index (χ0v) is 24.1. The molecule has 1 N–H and O–H groups in total. The smallest absolute Gasteiger partial charge is 0.184 e. The van der Waals surface area contributed by atoms with E-state index in [1.807, 2.05) is 0 Å². The Labute approximate surface area is 176 Å². The third-order valence-corrected chi connectivity index (χ3v) is 7.76. The van der Waals surface area contributed by atoms with E-state index < -0.39 is 51.8 Å². The average molecular weight is 469 g/mol. The molecule has 1 aliphatic heterocycles. The number of aliphatic hydroxyl groups is 1. The quantitative estimate of drug-likeness (QED) is 0.484. The van der Waals surface area contributed by atoms with E-state index in [2.05, 4.69) is 78.6 Å². The van der Waals surface area contributed by atoms with E-state index in [4.69, 9.17) is 22.4 Å². The summed E-state index contributed by atoms with van der Waals surface area (Å²) in [4.78, 5) is 0. The molecule has 0 unspecified atom stereocenters. The maximum Gasteiger partial charge on any atom is 0.184 e. The minimum Gasteiger partial charge on any atom is -0.415 e. The van der Waals surface area contributed by atoms with Gasteiger partial charge in [-0.3, -0.25) is 0 Å². The molecule has 0 aromatic rings. The van der Waals surface area contributed by atoms with Crippen LogP contribution in [-0.2, 0) is 22.4 Å². The van der Waals surface area contributed by atoms with Crippen LogP contribution in [0.15, 0.2) is 0 Å². The number of hydrogen-bond donors (Lipinski definition) is 1. The second-order valence-corrected chi connectivity index (χ2v) is 29.5. The van der Waals surface area contributed by atoms with E-state index >= 15 is 0 Å². The van der Waals surface area contributed by atoms with Gasteiger partial charge in [-0.15, -0.1) is 0 Å². The van der Waals surface area contributed by atoms with Gasteiger partial charge < -0.3 is 27.5 Å². The summed E-state index contributed by atoms with van der Waals surface area (Å²) >= 11 is 0.